The first kappa shape index (κ1) is 96.9. The van der Waals surface area contributed by atoms with E-state index in [4.69, 9.17) is 82.0 Å². The molecule has 648 valence electrons. The van der Waals surface area contributed by atoms with Gasteiger partial charge < -0.3 is 66.0 Å². The first-order valence-corrected chi connectivity index (χ1v) is 60.3. The molecule has 33 heteroatoms. The maximum absolute atomic E-state index is 12.6. The van der Waals surface area contributed by atoms with E-state index in [1.807, 2.05) is 32.3 Å². The van der Waals surface area contributed by atoms with Gasteiger partial charge in [-0.1, -0.05) is 232 Å². The van der Waals surface area contributed by atoms with E-state index < -0.39 is 54.6 Å². The molecule has 4 N–H and O–H groups in total. The fraction of sp³-hybridized carbons (Fsp3) is 0.699. The predicted octanol–water partition coefficient (Wildman–Crippen LogP) is 24.1. The molecule has 1 aromatic carbocycles. The highest BCUT2D eigenvalue weighted by Crippen LogP contribution is 2.49. The third-order valence-corrected chi connectivity index (χ3v) is 54.8. The summed E-state index contributed by atoms with van der Waals surface area (Å²) in [7, 11) is -11.9. The van der Waals surface area contributed by atoms with E-state index in [2.05, 4.69) is 254 Å². The average Bonchev–Trinajstić information content (AvgIpc) is 1.61. The van der Waals surface area contributed by atoms with Gasteiger partial charge in [0.25, 0.3) is 5.69 Å². The van der Waals surface area contributed by atoms with Crippen molar-refractivity contribution in [1.82, 2.24) is 43.6 Å². The molecule has 3 saturated heterocycles. The van der Waals surface area contributed by atoms with Crippen LogP contribution in [0.4, 0.5) is 23.5 Å². The number of nitro groups is 1. The van der Waals surface area contributed by atoms with Crippen molar-refractivity contribution in [3.63, 3.8) is 0 Å². The molecule has 0 spiro atoms. The second-order valence-electron chi connectivity index (χ2n) is 41.3. The highest BCUT2D eigenvalue weighted by molar-refractivity contribution is 6.84. The van der Waals surface area contributed by atoms with Crippen LogP contribution in [-0.2, 0) is 52.0 Å². The van der Waals surface area contributed by atoms with Gasteiger partial charge in [0.05, 0.1) is 83.1 Å². The lowest BCUT2D eigenvalue weighted by molar-refractivity contribution is -0.386. The summed E-state index contributed by atoms with van der Waals surface area (Å²) in [6.07, 6.45) is 9.39. The van der Waals surface area contributed by atoms with Crippen LogP contribution in [0, 0.1) is 10.1 Å². The Morgan fingerprint density at radius 2 is 0.784 bits per heavy atom. The number of carbonyl (C=O) groups is 1. The predicted molar refractivity (Wildman–Crippen MR) is 490 cm³/mol. The first-order valence-electron chi connectivity index (χ1n) is 41.4. The van der Waals surface area contributed by atoms with Crippen LogP contribution in [0.15, 0.2) is 42.9 Å². The smallest absolute Gasteiger partial charge is 0.274 e. The van der Waals surface area contributed by atoms with Gasteiger partial charge in [-0.15, -0.1) is 0 Å². The number of ketones is 1. The van der Waals surface area contributed by atoms with Crippen LogP contribution < -0.4 is 14.9 Å². The van der Waals surface area contributed by atoms with E-state index in [-0.39, 0.29) is 122 Å². The molecule has 3 aliphatic heterocycles. The van der Waals surface area contributed by atoms with Crippen molar-refractivity contribution in [3.8, 4) is 0 Å². The standard InChI is InChI=1S/C32H50ClN5O5Si2.C26H45ClN4O3Si2.C25H45ClN4O3Si2/c1-12-24-25(43-45(10,11)32(5,6)7)17-26(42-24)37-18-22(20-41-19-21-15-13-14-16-23(21)38(39)40)27-28(33)34-30(35-29(27)37)36-44(8,9)31(2,3)4;1-13-18-19(34-36(11,12)26(6,7)8)14-20(33-18)31-15-17(16(2)32)21-22(27)28-24(29-23(21)31)30-35(9,10)25(3,4)5;1-12-17-18(33-35(10,11)25(5,6)7)13-19(32-17)30-14-16(15-31)20-21(26)27-23(28-22(20)30)29-34(8,9)24(2,3)4/h13-16,18,24-26H,12,17,19-20H2,1-11H3,(H,34,35,36);15,18-20H,13-14H2,1-12H3,(H,28,29,30);14,17-19,31H,12-13,15H2,1-11H3,(H,27,28,29)/t24-,25-,26-;18-,19-,20-;17-,18-,19-/m111/s1. The van der Waals surface area contributed by atoms with Gasteiger partial charge in [0.2, 0.25) is 17.8 Å². The Bertz CT molecular complexity index is 4630. The fourth-order valence-electron chi connectivity index (χ4n) is 13.0. The van der Waals surface area contributed by atoms with Crippen molar-refractivity contribution in [2.45, 2.75) is 375 Å². The van der Waals surface area contributed by atoms with Crippen LogP contribution in [0.25, 0.3) is 33.1 Å². The molecule has 6 aromatic heterocycles. The highest BCUT2D eigenvalue weighted by atomic mass is 35.5. The number of Topliss-reactive ketones (excluding diaryl/α,β-unsaturated/α-hetero) is 1. The SMILES string of the molecule is CC[C@H]1O[C@@H](n2cc(C(C)=O)c3c(Cl)nc(N[Si](C)(C)C(C)(C)C)nc32)C[C@H]1O[Si](C)(C)C(C)(C)C.CC[C@H]1O[C@@H](n2cc(CO)c3c(Cl)nc(N[Si](C)(C)C(C)(C)C)nc32)C[C@H]1O[Si](C)(C)C(C)(C)C.CC[C@H]1O[C@@H](n2cc(COCc3ccccc3[N+](=O)[O-])c3c(Cl)nc(N[Si](C)(C)C(C)(C)C)nc32)C[C@H]1O[Si](C)(C)C(C)(C)C. The summed E-state index contributed by atoms with van der Waals surface area (Å²) in [5.74, 6) is 1.43. The van der Waals surface area contributed by atoms with Crippen molar-refractivity contribution in [3.05, 3.63) is 90.7 Å². The molecule has 9 atom stereocenters. The third kappa shape index (κ3) is 21.5. The molecule has 10 rings (SSSR count). The zero-order chi connectivity index (χ0) is 87.5. The Labute approximate surface area is 713 Å². The molecule has 7 aromatic rings. The number of hydrogen-bond acceptors (Lipinski definition) is 20. The lowest BCUT2D eigenvalue weighted by Gasteiger charge is -2.39. The van der Waals surface area contributed by atoms with Gasteiger partial charge in [0.1, 0.15) is 51.1 Å². The summed E-state index contributed by atoms with van der Waals surface area (Å²) >= 11 is 20.3. The molecule has 24 nitrogen and oxygen atoms in total. The number of aliphatic hydroxyl groups excluding tert-OH is 1. The van der Waals surface area contributed by atoms with E-state index in [9.17, 15) is 20.0 Å². The Morgan fingerprint density at radius 1 is 0.483 bits per heavy atom. The fourth-order valence-corrected chi connectivity index (χ4v) is 21.1. The lowest BCUT2D eigenvalue weighted by Crippen LogP contribution is -2.46. The Balaban J connectivity index is 0.000000220. The van der Waals surface area contributed by atoms with Gasteiger partial charge in [0.15, 0.2) is 55.4 Å². The number of nitrogens with one attached hydrogen (secondary N) is 3. The highest BCUT2D eigenvalue weighted by Gasteiger charge is 2.50. The maximum Gasteiger partial charge on any atom is 0.274 e. The number of para-hydroxylation sites is 1. The van der Waals surface area contributed by atoms with Gasteiger partial charge in [-0.2, -0.15) is 15.0 Å². The molecule has 3 fully saturated rings. The van der Waals surface area contributed by atoms with Crippen molar-refractivity contribution in [2.24, 2.45) is 0 Å². The zero-order valence-corrected chi connectivity index (χ0v) is 84.5. The molecule has 0 bridgehead atoms. The van der Waals surface area contributed by atoms with Crippen molar-refractivity contribution in [1.29, 1.82) is 0 Å². The van der Waals surface area contributed by atoms with E-state index in [0.717, 1.165) is 31.2 Å². The zero-order valence-electron chi connectivity index (χ0n) is 76.2. The molecule has 9 heterocycles. The number of halogens is 3. The van der Waals surface area contributed by atoms with E-state index in [0.29, 0.717) is 90.8 Å². The number of ether oxygens (including phenoxy) is 4. The van der Waals surface area contributed by atoms with Gasteiger partial charge in [0, 0.05) is 60.6 Å². The number of aliphatic hydroxyl groups is 1. The van der Waals surface area contributed by atoms with Crippen LogP contribution in [0.2, 0.25) is 124 Å². The molecule has 0 amide bonds. The number of nitrogens with zero attached hydrogens (tertiary/aromatic N) is 10. The van der Waals surface area contributed by atoms with Crippen molar-refractivity contribution in [2.75, 3.05) is 14.9 Å². The molecule has 116 heavy (non-hydrogen) atoms. The summed E-state index contributed by atoms with van der Waals surface area (Å²) in [4.78, 5) is 63.2. The summed E-state index contributed by atoms with van der Waals surface area (Å²) in [6, 6.07) is 6.60. The number of hydrogen-bond donors (Lipinski definition) is 4. The van der Waals surface area contributed by atoms with E-state index in [1.54, 1.807) is 25.1 Å². The number of fused-ring (bicyclic) bond motifs is 3. The molecule has 3 aliphatic rings. The number of nitro benzene ring substituents is 1. The lowest BCUT2D eigenvalue weighted by atomic mass is 10.1. The minimum atomic E-state index is -2.04. The molecular formula is C83H140Cl3N13O11Si6. The normalized spacial score (nSPS) is 21.2. The van der Waals surface area contributed by atoms with Crippen LogP contribution in [-0.4, -0.2) is 146 Å². The number of carbonyl (C=O) groups excluding carboxylic acids is 1. The van der Waals surface area contributed by atoms with Gasteiger partial charge in [-0.3, -0.25) is 14.9 Å². The minimum Gasteiger partial charge on any atom is -0.411 e. The quantitative estimate of drug-likeness (QED) is 0.0136. The molecule has 0 radical (unpaired) electrons. The van der Waals surface area contributed by atoms with E-state index >= 15 is 0 Å². The first-order chi connectivity index (χ1) is 53.0. The van der Waals surface area contributed by atoms with Crippen LogP contribution in [0.5, 0.6) is 0 Å². The maximum atomic E-state index is 12.6. The Morgan fingerprint density at radius 3 is 1.09 bits per heavy atom. The second kappa shape index (κ2) is 35.7. The average molecular weight is 1770 g/mol. The van der Waals surface area contributed by atoms with Crippen LogP contribution >= 0.6 is 34.8 Å². The summed E-state index contributed by atoms with van der Waals surface area (Å²) in [6.45, 7) is 75.6. The number of anilines is 3. The Hall–Kier alpha value is -4.60. The van der Waals surface area contributed by atoms with Crippen molar-refractivity contribution < 1.29 is 47.0 Å². The summed E-state index contributed by atoms with van der Waals surface area (Å²) < 4.78 is 52.3. The molecular weight excluding hydrogens is 1630 g/mol. The van der Waals surface area contributed by atoms with Crippen LogP contribution in [0.3, 0.4) is 0 Å². The third-order valence-electron chi connectivity index (χ3n) is 26.6. The minimum absolute atomic E-state index is 0.00582. The van der Waals surface area contributed by atoms with Gasteiger partial charge >= 0.3 is 0 Å². The summed E-state index contributed by atoms with van der Waals surface area (Å²) in [5, 5.41) is 25.0. The topological polar surface area (TPSA) is 273 Å². The number of aromatic nitrogens is 9. The van der Waals surface area contributed by atoms with Crippen LogP contribution in [0.1, 0.15) is 237 Å². The summed E-state index contributed by atoms with van der Waals surface area (Å²) in [5.41, 5.74) is 4.50. The molecule has 0 saturated carbocycles. The number of benzene rings is 1. The monoisotopic (exact) mass is 1770 g/mol. The molecule has 0 unspecified atom stereocenters. The molecule has 0 aliphatic carbocycles. The Kier molecular flexibility index (Phi) is 29.8. The number of rotatable bonds is 25. The largest absolute Gasteiger partial charge is 0.411 e. The van der Waals surface area contributed by atoms with Gasteiger partial charge in [-0.05, 0) is 102 Å². The van der Waals surface area contributed by atoms with Gasteiger partial charge in [-0.25, -0.2) is 15.0 Å². The van der Waals surface area contributed by atoms with E-state index in [1.165, 1.54) is 6.07 Å². The second-order valence-corrected chi connectivity index (χ2v) is 71.7. The van der Waals surface area contributed by atoms with Crippen molar-refractivity contribution >= 4 is 147 Å².